The highest BCUT2D eigenvalue weighted by Gasteiger charge is 2.23. The van der Waals surface area contributed by atoms with Crippen LogP contribution >= 0.6 is 11.6 Å². The average molecular weight is 296 g/mol. The van der Waals surface area contributed by atoms with Gasteiger partial charge in [0.15, 0.2) is 0 Å². The molecule has 1 aliphatic rings. The summed E-state index contributed by atoms with van der Waals surface area (Å²) in [5.74, 6) is -0.0228. The quantitative estimate of drug-likeness (QED) is 0.821. The van der Waals surface area contributed by atoms with Gasteiger partial charge in [0.2, 0.25) is 5.91 Å². The van der Waals surface area contributed by atoms with Crippen LogP contribution in [0.1, 0.15) is 32.6 Å². The van der Waals surface area contributed by atoms with Gasteiger partial charge in [-0.15, -0.1) is 0 Å². The van der Waals surface area contributed by atoms with Crippen LogP contribution < -0.4 is 11.1 Å². The molecule has 4 nitrogen and oxygen atoms in total. The second kappa shape index (κ2) is 6.95. The van der Waals surface area contributed by atoms with Crippen LogP contribution in [0.25, 0.3) is 0 Å². The molecule has 0 aliphatic heterocycles. The lowest BCUT2D eigenvalue weighted by molar-refractivity contribution is -0.117. The van der Waals surface area contributed by atoms with Crippen molar-refractivity contribution in [2.45, 2.75) is 38.6 Å². The number of carbonyl (C=O) groups is 1. The van der Waals surface area contributed by atoms with Crippen molar-refractivity contribution in [1.82, 2.24) is 4.90 Å². The number of likely N-dealkylation sites (N-methyl/N-ethyl adjacent to an activating group) is 1. The van der Waals surface area contributed by atoms with Crippen LogP contribution in [0.5, 0.6) is 0 Å². The summed E-state index contributed by atoms with van der Waals surface area (Å²) in [5, 5.41) is 3.33. The highest BCUT2D eigenvalue weighted by molar-refractivity contribution is 6.34. The number of amides is 1. The van der Waals surface area contributed by atoms with Crippen molar-refractivity contribution >= 4 is 28.9 Å². The molecule has 5 heteroatoms. The smallest absolute Gasteiger partial charge is 0.238 e. The van der Waals surface area contributed by atoms with E-state index >= 15 is 0 Å². The highest BCUT2D eigenvalue weighted by atomic mass is 35.5. The zero-order valence-corrected chi connectivity index (χ0v) is 12.6. The number of hydrogen-bond donors (Lipinski definition) is 2. The molecule has 0 aromatic heterocycles. The number of halogens is 1. The molecule has 0 unspecified atom stereocenters. The van der Waals surface area contributed by atoms with Crippen LogP contribution in [0.3, 0.4) is 0 Å². The van der Waals surface area contributed by atoms with Crippen molar-refractivity contribution in [2.24, 2.45) is 0 Å². The normalized spacial score (nSPS) is 15.8. The molecule has 1 aromatic carbocycles. The van der Waals surface area contributed by atoms with Gasteiger partial charge in [0.05, 0.1) is 17.3 Å². The molecule has 0 atom stereocenters. The van der Waals surface area contributed by atoms with Crippen molar-refractivity contribution < 1.29 is 4.79 Å². The molecule has 1 amide bonds. The number of hydrogen-bond acceptors (Lipinski definition) is 3. The van der Waals surface area contributed by atoms with Gasteiger partial charge in [0.1, 0.15) is 0 Å². The Bertz CT molecular complexity index is 472. The van der Waals surface area contributed by atoms with Crippen LogP contribution in [0.15, 0.2) is 18.2 Å². The summed E-state index contributed by atoms with van der Waals surface area (Å²) in [5.41, 5.74) is 6.85. The monoisotopic (exact) mass is 295 g/mol. The van der Waals surface area contributed by atoms with E-state index in [0.717, 1.165) is 6.54 Å². The number of nitrogens with zero attached hydrogens (tertiary/aromatic N) is 1. The molecule has 0 spiro atoms. The fourth-order valence-electron chi connectivity index (χ4n) is 2.78. The first-order chi connectivity index (χ1) is 9.60. The summed E-state index contributed by atoms with van der Waals surface area (Å²) < 4.78 is 0. The lowest BCUT2D eigenvalue weighted by Crippen LogP contribution is -2.39. The minimum atomic E-state index is -0.0228. The zero-order chi connectivity index (χ0) is 14.5. The molecular weight excluding hydrogens is 274 g/mol. The maximum Gasteiger partial charge on any atom is 0.238 e. The third kappa shape index (κ3) is 3.87. The topological polar surface area (TPSA) is 58.4 Å². The molecular formula is C15H22ClN3O. The number of carbonyl (C=O) groups excluding carboxylic acids is 1. The van der Waals surface area contributed by atoms with E-state index in [-0.39, 0.29) is 5.91 Å². The van der Waals surface area contributed by atoms with E-state index in [0.29, 0.717) is 29.0 Å². The van der Waals surface area contributed by atoms with Crippen molar-refractivity contribution in [2.75, 3.05) is 24.1 Å². The summed E-state index contributed by atoms with van der Waals surface area (Å²) in [6, 6.07) is 5.66. The number of benzene rings is 1. The first-order valence-electron chi connectivity index (χ1n) is 7.19. The fourth-order valence-corrected chi connectivity index (χ4v) is 3.01. The molecule has 1 aromatic rings. The summed E-state index contributed by atoms with van der Waals surface area (Å²) in [7, 11) is 0. The van der Waals surface area contributed by atoms with Gasteiger partial charge in [-0.05, 0) is 37.6 Å². The van der Waals surface area contributed by atoms with Gasteiger partial charge in [0.25, 0.3) is 0 Å². The number of rotatable bonds is 5. The van der Waals surface area contributed by atoms with Crippen LogP contribution in [0, 0.1) is 0 Å². The Kier molecular flexibility index (Phi) is 5.26. The molecule has 3 N–H and O–H groups in total. The van der Waals surface area contributed by atoms with Gasteiger partial charge in [-0.3, -0.25) is 9.69 Å². The molecule has 0 bridgehead atoms. The van der Waals surface area contributed by atoms with E-state index < -0.39 is 0 Å². The average Bonchev–Trinajstić information content (AvgIpc) is 2.93. The Labute approximate surface area is 125 Å². The number of nitrogen functional groups attached to an aromatic ring is 1. The van der Waals surface area contributed by atoms with Gasteiger partial charge in [-0.25, -0.2) is 0 Å². The SMILES string of the molecule is CCN(CC(=O)Nc1ccc(N)cc1Cl)C1CCCC1. The Morgan fingerprint density at radius 1 is 1.45 bits per heavy atom. The summed E-state index contributed by atoms with van der Waals surface area (Å²) >= 11 is 6.06. The van der Waals surface area contributed by atoms with E-state index in [1.807, 2.05) is 0 Å². The molecule has 0 radical (unpaired) electrons. The molecule has 1 aliphatic carbocycles. The predicted molar refractivity (Wildman–Crippen MR) is 84.0 cm³/mol. The second-order valence-electron chi connectivity index (χ2n) is 5.29. The zero-order valence-electron chi connectivity index (χ0n) is 11.9. The summed E-state index contributed by atoms with van der Waals surface area (Å²) in [4.78, 5) is 14.4. The standard InChI is InChI=1S/C15H22ClN3O/c1-2-19(12-5-3-4-6-12)10-15(20)18-14-8-7-11(17)9-13(14)16/h7-9,12H,2-6,10,17H2,1H3,(H,18,20). The van der Waals surface area contributed by atoms with Crippen molar-refractivity contribution in [3.63, 3.8) is 0 Å². The summed E-state index contributed by atoms with van der Waals surface area (Å²) in [6.45, 7) is 3.41. The maximum absolute atomic E-state index is 12.1. The Hall–Kier alpha value is -1.26. The Balaban J connectivity index is 1.93. The van der Waals surface area contributed by atoms with Crippen LogP contribution in [0.2, 0.25) is 5.02 Å². The molecule has 0 saturated heterocycles. The molecule has 2 rings (SSSR count). The van der Waals surface area contributed by atoms with Crippen molar-refractivity contribution in [1.29, 1.82) is 0 Å². The second-order valence-corrected chi connectivity index (χ2v) is 5.70. The molecule has 0 heterocycles. The fraction of sp³-hybridized carbons (Fsp3) is 0.533. The maximum atomic E-state index is 12.1. The highest BCUT2D eigenvalue weighted by Crippen LogP contribution is 2.25. The van der Waals surface area contributed by atoms with Gasteiger partial charge in [0, 0.05) is 11.7 Å². The van der Waals surface area contributed by atoms with E-state index in [9.17, 15) is 4.79 Å². The van der Waals surface area contributed by atoms with Crippen LogP contribution in [0.4, 0.5) is 11.4 Å². The van der Waals surface area contributed by atoms with E-state index in [1.54, 1.807) is 18.2 Å². The third-order valence-corrected chi connectivity index (χ3v) is 4.17. The van der Waals surface area contributed by atoms with E-state index in [2.05, 4.69) is 17.1 Å². The molecule has 1 fully saturated rings. The number of nitrogens with two attached hydrogens (primary N) is 1. The van der Waals surface area contributed by atoms with Gasteiger partial charge >= 0.3 is 0 Å². The summed E-state index contributed by atoms with van der Waals surface area (Å²) in [6.07, 6.45) is 4.94. The molecule has 110 valence electrons. The van der Waals surface area contributed by atoms with Crippen molar-refractivity contribution in [3.05, 3.63) is 23.2 Å². The van der Waals surface area contributed by atoms with E-state index in [1.165, 1.54) is 25.7 Å². The minimum absolute atomic E-state index is 0.0228. The third-order valence-electron chi connectivity index (χ3n) is 3.86. The first-order valence-corrected chi connectivity index (χ1v) is 7.57. The van der Waals surface area contributed by atoms with Gasteiger partial charge in [-0.1, -0.05) is 31.4 Å². The Morgan fingerprint density at radius 3 is 2.75 bits per heavy atom. The predicted octanol–water partition coefficient (Wildman–Crippen LogP) is 3.13. The molecule has 20 heavy (non-hydrogen) atoms. The number of nitrogens with one attached hydrogen (secondary N) is 1. The van der Waals surface area contributed by atoms with E-state index in [4.69, 9.17) is 17.3 Å². The number of anilines is 2. The van der Waals surface area contributed by atoms with Gasteiger partial charge in [-0.2, -0.15) is 0 Å². The molecule has 1 saturated carbocycles. The van der Waals surface area contributed by atoms with Crippen molar-refractivity contribution in [3.8, 4) is 0 Å². The lowest BCUT2D eigenvalue weighted by atomic mass is 10.2. The largest absolute Gasteiger partial charge is 0.399 e. The van der Waals surface area contributed by atoms with Crippen LogP contribution in [-0.2, 0) is 4.79 Å². The minimum Gasteiger partial charge on any atom is -0.399 e. The van der Waals surface area contributed by atoms with Gasteiger partial charge < -0.3 is 11.1 Å². The lowest BCUT2D eigenvalue weighted by Gasteiger charge is -2.26. The van der Waals surface area contributed by atoms with Crippen LogP contribution in [-0.4, -0.2) is 29.9 Å². The Morgan fingerprint density at radius 2 is 2.15 bits per heavy atom. The first kappa shape index (κ1) is 15.1.